The maximum absolute atomic E-state index is 12.8. The van der Waals surface area contributed by atoms with Gasteiger partial charge in [-0.3, -0.25) is 9.59 Å². The van der Waals surface area contributed by atoms with Crippen molar-refractivity contribution in [3.63, 3.8) is 0 Å². The summed E-state index contributed by atoms with van der Waals surface area (Å²) in [7, 11) is 1.59. The van der Waals surface area contributed by atoms with Crippen molar-refractivity contribution < 1.29 is 14.3 Å². The molecule has 0 bridgehead atoms. The fourth-order valence-electron chi connectivity index (χ4n) is 4.06. The zero-order valence-corrected chi connectivity index (χ0v) is 15.7. The van der Waals surface area contributed by atoms with Crippen molar-refractivity contribution >= 4 is 23.2 Å². The molecule has 1 aliphatic carbocycles. The van der Waals surface area contributed by atoms with Crippen LogP contribution in [0.5, 0.6) is 5.75 Å². The lowest BCUT2D eigenvalue weighted by atomic mass is 9.74. The van der Waals surface area contributed by atoms with Gasteiger partial charge in [0.25, 0.3) is 0 Å². The Labute approximate surface area is 155 Å². The van der Waals surface area contributed by atoms with Crippen molar-refractivity contribution in [1.82, 2.24) is 0 Å². The Kier molecular flexibility index (Phi) is 5.51. The van der Waals surface area contributed by atoms with Crippen LogP contribution < -0.4 is 20.7 Å². The van der Waals surface area contributed by atoms with Crippen LogP contribution in [0, 0.1) is 5.92 Å². The molecule has 2 aliphatic rings. The average molecular weight is 359 g/mol. The van der Waals surface area contributed by atoms with Crippen molar-refractivity contribution in [2.24, 2.45) is 11.7 Å². The first kappa shape index (κ1) is 18.7. The van der Waals surface area contributed by atoms with Crippen LogP contribution in [0.2, 0.25) is 0 Å². The van der Waals surface area contributed by atoms with Gasteiger partial charge >= 0.3 is 0 Å². The highest BCUT2D eigenvalue weighted by molar-refractivity contribution is 5.98. The smallest absolute Gasteiger partial charge is 0.229 e. The molecule has 142 valence electrons. The predicted octanol–water partition coefficient (Wildman–Crippen LogP) is 3.06. The molecule has 2 fully saturated rings. The summed E-state index contributed by atoms with van der Waals surface area (Å²) in [6.45, 7) is 2.64. The molecule has 1 saturated heterocycles. The van der Waals surface area contributed by atoms with Gasteiger partial charge < -0.3 is 20.7 Å². The molecule has 1 aromatic rings. The Morgan fingerprint density at radius 1 is 1.31 bits per heavy atom. The number of anilines is 2. The van der Waals surface area contributed by atoms with Crippen molar-refractivity contribution in [1.29, 1.82) is 0 Å². The third-order valence-electron chi connectivity index (χ3n) is 5.63. The van der Waals surface area contributed by atoms with E-state index >= 15 is 0 Å². The summed E-state index contributed by atoms with van der Waals surface area (Å²) in [6, 6.07) is 5.44. The van der Waals surface area contributed by atoms with Gasteiger partial charge in [0.2, 0.25) is 11.8 Å². The number of nitrogens with one attached hydrogen (secondary N) is 1. The lowest BCUT2D eigenvalue weighted by molar-refractivity contribution is -0.123. The number of nitrogens with zero attached hydrogens (tertiary/aromatic N) is 1. The number of ether oxygens (including phenoxy) is 1. The summed E-state index contributed by atoms with van der Waals surface area (Å²) in [6.07, 6.45) is 6.21. The van der Waals surface area contributed by atoms with Gasteiger partial charge in [0.15, 0.2) is 0 Å². The standard InChI is InChI=1S/C20H29N3O3/c1-20(21)11-5-3-7-15(20)19(25)22-14-9-10-17(26-2)16(13-14)23-12-6-4-8-18(23)24/h9-10,13,15H,3-8,11-12,21H2,1-2H3,(H,22,25). The maximum Gasteiger partial charge on any atom is 0.229 e. The molecule has 6 heteroatoms. The molecule has 3 N–H and O–H groups in total. The van der Waals surface area contributed by atoms with Crippen LogP contribution in [0.15, 0.2) is 18.2 Å². The predicted molar refractivity (Wildman–Crippen MR) is 102 cm³/mol. The summed E-state index contributed by atoms with van der Waals surface area (Å²) in [5, 5.41) is 3.00. The fourth-order valence-corrected chi connectivity index (χ4v) is 4.06. The number of carbonyl (C=O) groups is 2. The second-order valence-electron chi connectivity index (χ2n) is 7.68. The molecule has 6 nitrogen and oxygen atoms in total. The number of hydrogen-bond donors (Lipinski definition) is 2. The van der Waals surface area contributed by atoms with Gasteiger partial charge in [-0.1, -0.05) is 12.8 Å². The number of nitrogens with two attached hydrogens (primary N) is 1. The molecular formula is C20H29N3O3. The summed E-state index contributed by atoms with van der Waals surface area (Å²) < 4.78 is 5.43. The van der Waals surface area contributed by atoms with Gasteiger partial charge in [0.1, 0.15) is 5.75 Å². The largest absolute Gasteiger partial charge is 0.495 e. The van der Waals surface area contributed by atoms with Crippen molar-refractivity contribution in [2.45, 2.75) is 57.4 Å². The van der Waals surface area contributed by atoms with E-state index in [-0.39, 0.29) is 17.7 Å². The van der Waals surface area contributed by atoms with E-state index in [9.17, 15) is 9.59 Å². The molecule has 2 amide bonds. The molecule has 26 heavy (non-hydrogen) atoms. The topological polar surface area (TPSA) is 84.7 Å². The minimum Gasteiger partial charge on any atom is -0.495 e. The Balaban J connectivity index is 1.81. The number of benzene rings is 1. The molecule has 2 unspecified atom stereocenters. The van der Waals surface area contributed by atoms with E-state index in [1.165, 1.54) is 0 Å². The van der Waals surface area contributed by atoms with Crippen LogP contribution in [0.3, 0.4) is 0 Å². The number of rotatable bonds is 4. The van der Waals surface area contributed by atoms with E-state index in [1.54, 1.807) is 18.1 Å². The van der Waals surface area contributed by atoms with E-state index in [1.807, 2.05) is 19.1 Å². The maximum atomic E-state index is 12.8. The third-order valence-corrected chi connectivity index (χ3v) is 5.63. The van der Waals surface area contributed by atoms with Crippen LogP contribution >= 0.6 is 0 Å². The fraction of sp³-hybridized carbons (Fsp3) is 0.600. The highest BCUT2D eigenvalue weighted by atomic mass is 16.5. The number of piperidine rings is 1. The molecule has 1 aromatic carbocycles. The van der Waals surface area contributed by atoms with Gasteiger partial charge in [-0.15, -0.1) is 0 Å². The van der Waals surface area contributed by atoms with E-state index in [0.717, 1.165) is 38.5 Å². The molecule has 0 aromatic heterocycles. The summed E-state index contributed by atoms with van der Waals surface area (Å²) in [4.78, 5) is 26.8. The first-order chi connectivity index (χ1) is 12.4. The molecule has 1 saturated carbocycles. The number of amides is 2. The van der Waals surface area contributed by atoms with E-state index in [4.69, 9.17) is 10.5 Å². The van der Waals surface area contributed by atoms with Crippen molar-refractivity contribution in [3.8, 4) is 5.75 Å². The van der Waals surface area contributed by atoms with Crippen LogP contribution in [0.4, 0.5) is 11.4 Å². The number of methoxy groups -OCH3 is 1. The highest BCUT2D eigenvalue weighted by Crippen LogP contribution is 2.35. The summed E-state index contributed by atoms with van der Waals surface area (Å²) in [5.74, 6) is 0.494. The average Bonchev–Trinajstić information content (AvgIpc) is 2.61. The summed E-state index contributed by atoms with van der Waals surface area (Å²) in [5.41, 5.74) is 7.27. The Bertz CT molecular complexity index is 687. The molecule has 0 spiro atoms. The van der Waals surface area contributed by atoms with E-state index < -0.39 is 5.54 Å². The number of hydrogen-bond acceptors (Lipinski definition) is 4. The highest BCUT2D eigenvalue weighted by Gasteiger charge is 2.37. The SMILES string of the molecule is COc1ccc(NC(=O)C2CCCCC2(C)N)cc1N1CCCCC1=O. The lowest BCUT2D eigenvalue weighted by Gasteiger charge is -2.37. The molecule has 3 rings (SSSR count). The van der Waals surface area contributed by atoms with Gasteiger partial charge in [-0.2, -0.15) is 0 Å². The van der Waals surface area contributed by atoms with Crippen LogP contribution in [-0.2, 0) is 9.59 Å². The first-order valence-electron chi connectivity index (χ1n) is 9.50. The van der Waals surface area contributed by atoms with Crippen molar-refractivity contribution in [2.75, 3.05) is 23.9 Å². The third kappa shape index (κ3) is 3.85. The van der Waals surface area contributed by atoms with Crippen LogP contribution in [0.1, 0.15) is 51.9 Å². The molecule has 0 radical (unpaired) electrons. The van der Waals surface area contributed by atoms with Crippen molar-refractivity contribution in [3.05, 3.63) is 18.2 Å². The molecular weight excluding hydrogens is 330 g/mol. The van der Waals surface area contributed by atoms with E-state index in [2.05, 4.69) is 5.32 Å². The molecule has 1 heterocycles. The Morgan fingerprint density at radius 3 is 2.81 bits per heavy atom. The van der Waals surface area contributed by atoms with Crippen LogP contribution in [0.25, 0.3) is 0 Å². The second kappa shape index (κ2) is 7.66. The minimum absolute atomic E-state index is 0.0456. The van der Waals surface area contributed by atoms with Crippen LogP contribution in [-0.4, -0.2) is 31.0 Å². The number of carbonyl (C=O) groups excluding carboxylic acids is 2. The first-order valence-corrected chi connectivity index (χ1v) is 9.50. The monoisotopic (exact) mass is 359 g/mol. The zero-order valence-electron chi connectivity index (χ0n) is 15.7. The lowest BCUT2D eigenvalue weighted by Crippen LogP contribution is -2.51. The zero-order chi connectivity index (χ0) is 18.7. The Hall–Kier alpha value is -2.08. The quantitative estimate of drug-likeness (QED) is 0.865. The Morgan fingerprint density at radius 2 is 2.12 bits per heavy atom. The second-order valence-corrected chi connectivity index (χ2v) is 7.68. The van der Waals surface area contributed by atoms with E-state index in [0.29, 0.717) is 30.1 Å². The normalized spacial score (nSPS) is 26.5. The molecule has 2 atom stereocenters. The minimum atomic E-state index is -0.472. The van der Waals surface area contributed by atoms with Gasteiger partial charge in [0.05, 0.1) is 18.7 Å². The van der Waals surface area contributed by atoms with Gasteiger partial charge in [-0.05, 0) is 50.8 Å². The van der Waals surface area contributed by atoms with Gasteiger partial charge in [-0.25, -0.2) is 0 Å². The summed E-state index contributed by atoms with van der Waals surface area (Å²) >= 11 is 0. The molecule has 1 aliphatic heterocycles. The van der Waals surface area contributed by atoms with Gasteiger partial charge in [0, 0.05) is 24.2 Å².